The van der Waals surface area contributed by atoms with Gasteiger partial charge in [0, 0.05) is 6.04 Å². The highest BCUT2D eigenvalue weighted by Gasteiger charge is 2.24. The van der Waals surface area contributed by atoms with Crippen LogP contribution in [0.15, 0.2) is 0 Å². The molecule has 17 heavy (non-hydrogen) atoms. The molecule has 100 valence electrons. The normalized spacial score (nSPS) is 24.9. The molecule has 1 fully saturated rings. The van der Waals surface area contributed by atoms with Gasteiger partial charge >= 0.3 is 0 Å². The first-order chi connectivity index (χ1) is 8.13. The lowest BCUT2D eigenvalue weighted by Gasteiger charge is -2.30. The molecule has 4 heteroatoms. The molecule has 0 aliphatic heterocycles. The third-order valence-corrected chi connectivity index (χ3v) is 3.38. The van der Waals surface area contributed by atoms with Crippen LogP contribution in [0.2, 0.25) is 0 Å². The molecule has 0 aromatic heterocycles. The SMILES string of the molecule is CC(C)NC(=O)COCC1CCCCC1CN. The lowest BCUT2D eigenvalue weighted by molar-refractivity contribution is -0.127. The Bertz CT molecular complexity index is 231. The van der Waals surface area contributed by atoms with Gasteiger partial charge in [0.15, 0.2) is 0 Å². The Hall–Kier alpha value is -0.610. The van der Waals surface area contributed by atoms with E-state index >= 15 is 0 Å². The number of ether oxygens (including phenoxy) is 1. The van der Waals surface area contributed by atoms with E-state index in [4.69, 9.17) is 10.5 Å². The number of carbonyl (C=O) groups is 1. The van der Waals surface area contributed by atoms with Crippen molar-refractivity contribution in [2.75, 3.05) is 19.8 Å². The molecule has 0 radical (unpaired) electrons. The highest BCUT2D eigenvalue weighted by molar-refractivity contribution is 5.77. The van der Waals surface area contributed by atoms with E-state index in [1.807, 2.05) is 13.8 Å². The fourth-order valence-electron chi connectivity index (χ4n) is 2.48. The van der Waals surface area contributed by atoms with Gasteiger partial charge in [0.25, 0.3) is 0 Å². The monoisotopic (exact) mass is 242 g/mol. The second-order valence-electron chi connectivity index (χ2n) is 5.28. The van der Waals surface area contributed by atoms with Gasteiger partial charge in [-0.05, 0) is 45.1 Å². The Labute approximate surface area is 104 Å². The number of amides is 1. The summed E-state index contributed by atoms with van der Waals surface area (Å²) in [4.78, 5) is 11.4. The summed E-state index contributed by atoms with van der Waals surface area (Å²) in [6.07, 6.45) is 4.95. The lowest BCUT2D eigenvalue weighted by atomic mass is 9.80. The van der Waals surface area contributed by atoms with Gasteiger partial charge in [-0.2, -0.15) is 0 Å². The zero-order valence-electron chi connectivity index (χ0n) is 11.1. The second-order valence-corrected chi connectivity index (χ2v) is 5.28. The predicted octanol–water partition coefficient (Wildman–Crippen LogP) is 1.29. The van der Waals surface area contributed by atoms with E-state index < -0.39 is 0 Å². The van der Waals surface area contributed by atoms with Crippen molar-refractivity contribution >= 4 is 5.91 Å². The van der Waals surface area contributed by atoms with Crippen molar-refractivity contribution in [3.05, 3.63) is 0 Å². The Morgan fingerprint density at radius 2 is 2.00 bits per heavy atom. The maximum absolute atomic E-state index is 11.4. The number of hydrogen-bond donors (Lipinski definition) is 2. The van der Waals surface area contributed by atoms with Crippen LogP contribution in [0.5, 0.6) is 0 Å². The number of carbonyl (C=O) groups excluding carboxylic acids is 1. The third-order valence-electron chi connectivity index (χ3n) is 3.38. The highest BCUT2D eigenvalue weighted by Crippen LogP contribution is 2.29. The number of nitrogens with one attached hydrogen (secondary N) is 1. The smallest absolute Gasteiger partial charge is 0.246 e. The third kappa shape index (κ3) is 5.50. The Balaban J connectivity index is 2.18. The lowest BCUT2D eigenvalue weighted by Crippen LogP contribution is -2.35. The number of hydrogen-bond acceptors (Lipinski definition) is 3. The Kier molecular flexibility index (Phi) is 6.52. The molecule has 1 aliphatic carbocycles. The van der Waals surface area contributed by atoms with Crippen molar-refractivity contribution in [1.82, 2.24) is 5.32 Å². The van der Waals surface area contributed by atoms with Crippen LogP contribution in [-0.2, 0) is 9.53 Å². The molecule has 0 spiro atoms. The molecule has 0 aromatic carbocycles. The van der Waals surface area contributed by atoms with Crippen molar-refractivity contribution < 1.29 is 9.53 Å². The van der Waals surface area contributed by atoms with Crippen LogP contribution in [-0.4, -0.2) is 31.7 Å². The first kappa shape index (κ1) is 14.5. The predicted molar refractivity (Wildman–Crippen MR) is 68.6 cm³/mol. The van der Waals surface area contributed by atoms with Crippen LogP contribution in [0.25, 0.3) is 0 Å². The summed E-state index contributed by atoms with van der Waals surface area (Å²) in [5.41, 5.74) is 5.76. The van der Waals surface area contributed by atoms with Gasteiger partial charge in [-0.25, -0.2) is 0 Å². The quantitative estimate of drug-likeness (QED) is 0.737. The zero-order valence-corrected chi connectivity index (χ0v) is 11.1. The first-order valence-corrected chi connectivity index (χ1v) is 6.70. The summed E-state index contributed by atoms with van der Waals surface area (Å²) < 4.78 is 5.50. The van der Waals surface area contributed by atoms with Gasteiger partial charge in [-0.1, -0.05) is 12.8 Å². The van der Waals surface area contributed by atoms with E-state index in [1.165, 1.54) is 25.7 Å². The number of rotatable bonds is 6. The van der Waals surface area contributed by atoms with E-state index in [2.05, 4.69) is 5.32 Å². The maximum atomic E-state index is 11.4. The van der Waals surface area contributed by atoms with Gasteiger partial charge in [-0.15, -0.1) is 0 Å². The average Bonchev–Trinajstić information content (AvgIpc) is 2.28. The standard InChI is InChI=1S/C13H26N2O2/c1-10(2)15-13(16)9-17-8-12-6-4-3-5-11(12)7-14/h10-12H,3-9,14H2,1-2H3,(H,15,16). The fourth-order valence-corrected chi connectivity index (χ4v) is 2.48. The first-order valence-electron chi connectivity index (χ1n) is 6.70. The van der Waals surface area contributed by atoms with E-state index in [-0.39, 0.29) is 18.6 Å². The molecule has 1 rings (SSSR count). The summed E-state index contributed by atoms with van der Waals surface area (Å²) in [5, 5.41) is 2.82. The molecular weight excluding hydrogens is 216 g/mol. The molecule has 0 heterocycles. The summed E-state index contributed by atoms with van der Waals surface area (Å²) in [6.45, 7) is 5.48. The van der Waals surface area contributed by atoms with Crippen LogP contribution in [0.1, 0.15) is 39.5 Å². The van der Waals surface area contributed by atoms with Crippen LogP contribution < -0.4 is 11.1 Å². The Morgan fingerprint density at radius 1 is 1.35 bits per heavy atom. The molecule has 0 saturated heterocycles. The minimum Gasteiger partial charge on any atom is -0.371 e. The molecule has 2 atom stereocenters. The van der Waals surface area contributed by atoms with Crippen molar-refractivity contribution in [2.24, 2.45) is 17.6 Å². The zero-order chi connectivity index (χ0) is 12.7. The second kappa shape index (κ2) is 7.67. The number of nitrogens with two attached hydrogens (primary N) is 1. The highest BCUT2D eigenvalue weighted by atomic mass is 16.5. The van der Waals surface area contributed by atoms with Gasteiger partial charge in [0.05, 0.1) is 6.61 Å². The molecule has 1 amide bonds. The molecule has 2 unspecified atom stereocenters. The Morgan fingerprint density at radius 3 is 2.59 bits per heavy atom. The molecular formula is C13H26N2O2. The van der Waals surface area contributed by atoms with Gasteiger partial charge in [-0.3, -0.25) is 4.79 Å². The molecule has 0 aromatic rings. The molecule has 3 N–H and O–H groups in total. The van der Waals surface area contributed by atoms with Crippen molar-refractivity contribution in [3.63, 3.8) is 0 Å². The summed E-state index contributed by atoms with van der Waals surface area (Å²) in [7, 11) is 0. The molecule has 1 saturated carbocycles. The van der Waals surface area contributed by atoms with Gasteiger partial charge in [0.1, 0.15) is 6.61 Å². The van der Waals surface area contributed by atoms with Crippen molar-refractivity contribution in [3.8, 4) is 0 Å². The molecule has 4 nitrogen and oxygen atoms in total. The minimum atomic E-state index is -0.0277. The van der Waals surface area contributed by atoms with Crippen LogP contribution in [0.4, 0.5) is 0 Å². The summed E-state index contributed by atoms with van der Waals surface area (Å²) in [5.74, 6) is 1.10. The molecule has 1 aliphatic rings. The van der Waals surface area contributed by atoms with Crippen LogP contribution in [0, 0.1) is 11.8 Å². The summed E-state index contributed by atoms with van der Waals surface area (Å²) >= 11 is 0. The van der Waals surface area contributed by atoms with E-state index in [9.17, 15) is 4.79 Å². The van der Waals surface area contributed by atoms with E-state index in [0.717, 1.165) is 6.54 Å². The van der Waals surface area contributed by atoms with Crippen LogP contribution in [0.3, 0.4) is 0 Å². The van der Waals surface area contributed by atoms with E-state index in [0.29, 0.717) is 18.4 Å². The largest absolute Gasteiger partial charge is 0.371 e. The van der Waals surface area contributed by atoms with Gasteiger partial charge < -0.3 is 15.8 Å². The maximum Gasteiger partial charge on any atom is 0.246 e. The van der Waals surface area contributed by atoms with E-state index in [1.54, 1.807) is 0 Å². The summed E-state index contributed by atoms with van der Waals surface area (Å²) in [6, 6.07) is 0.178. The fraction of sp³-hybridized carbons (Fsp3) is 0.923. The van der Waals surface area contributed by atoms with Crippen LogP contribution >= 0.6 is 0 Å². The molecule has 0 bridgehead atoms. The van der Waals surface area contributed by atoms with Crippen molar-refractivity contribution in [1.29, 1.82) is 0 Å². The minimum absolute atomic E-state index is 0.0277. The van der Waals surface area contributed by atoms with Crippen molar-refractivity contribution in [2.45, 2.75) is 45.6 Å². The topological polar surface area (TPSA) is 64.3 Å². The van der Waals surface area contributed by atoms with Gasteiger partial charge in [0.2, 0.25) is 5.91 Å². The average molecular weight is 242 g/mol.